The maximum atomic E-state index is 12.3. The first-order chi connectivity index (χ1) is 9.47. The van der Waals surface area contributed by atoms with Crippen molar-refractivity contribution in [3.05, 3.63) is 35.9 Å². The lowest BCUT2D eigenvalue weighted by Gasteiger charge is -2.45. The second-order valence-electron chi connectivity index (χ2n) is 5.54. The smallest absolute Gasteiger partial charge is 0.247 e. The average Bonchev–Trinajstić information content (AvgIpc) is 2.41. The summed E-state index contributed by atoms with van der Waals surface area (Å²) in [6.45, 7) is 4.22. The van der Waals surface area contributed by atoms with Crippen molar-refractivity contribution in [2.75, 3.05) is 20.3 Å². The van der Waals surface area contributed by atoms with Crippen LogP contribution in [0.3, 0.4) is 0 Å². The SMILES string of the molecule is COCC(C)(C)N1C(=O)CNC(=O)C1c1ccccc1. The Hall–Kier alpha value is -1.88. The van der Waals surface area contributed by atoms with Crippen molar-refractivity contribution in [1.29, 1.82) is 0 Å². The van der Waals surface area contributed by atoms with Gasteiger partial charge in [-0.25, -0.2) is 0 Å². The second kappa shape index (κ2) is 5.63. The van der Waals surface area contributed by atoms with Gasteiger partial charge in [0.25, 0.3) is 0 Å². The molecule has 2 amide bonds. The lowest BCUT2D eigenvalue weighted by Crippen LogP contribution is -2.61. The van der Waals surface area contributed by atoms with Gasteiger partial charge in [-0.3, -0.25) is 9.59 Å². The molecule has 0 saturated carbocycles. The number of hydrogen-bond acceptors (Lipinski definition) is 3. The Morgan fingerprint density at radius 3 is 2.55 bits per heavy atom. The summed E-state index contributed by atoms with van der Waals surface area (Å²) in [5, 5.41) is 2.65. The fraction of sp³-hybridized carbons (Fsp3) is 0.467. The first-order valence-corrected chi connectivity index (χ1v) is 6.61. The van der Waals surface area contributed by atoms with Gasteiger partial charge in [-0.2, -0.15) is 0 Å². The van der Waals surface area contributed by atoms with Gasteiger partial charge in [-0.05, 0) is 19.4 Å². The first-order valence-electron chi connectivity index (χ1n) is 6.61. The first kappa shape index (κ1) is 14.5. The monoisotopic (exact) mass is 276 g/mol. The Bertz CT molecular complexity index is 499. The molecule has 1 aromatic carbocycles. The fourth-order valence-electron chi connectivity index (χ4n) is 2.65. The highest BCUT2D eigenvalue weighted by Crippen LogP contribution is 2.31. The third kappa shape index (κ3) is 2.67. The van der Waals surface area contributed by atoms with Gasteiger partial charge in [0.15, 0.2) is 0 Å². The van der Waals surface area contributed by atoms with Crippen molar-refractivity contribution < 1.29 is 14.3 Å². The molecule has 5 nitrogen and oxygen atoms in total. The number of nitrogens with zero attached hydrogens (tertiary/aromatic N) is 1. The lowest BCUT2D eigenvalue weighted by atomic mass is 9.94. The van der Waals surface area contributed by atoms with E-state index in [9.17, 15) is 9.59 Å². The third-order valence-electron chi connectivity index (χ3n) is 3.45. The predicted octanol–water partition coefficient (Wildman–Crippen LogP) is 1.11. The van der Waals surface area contributed by atoms with Gasteiger partial charge in [0.05, 0.1) is 18.7 Å². The van der Waals surface area contributed by atoms with Crippen LogP contribution >= 0.6 is 0 Å². The van der Waals surface area contributed by atoms with Gasteiger partial charge >= 0.3 is 0 Å². The van der Waals surface area contributed by atoms with Gasteiger partial charge in [-0.1, -0.05) is 30.3 Å². The van der Waals surface area contributed by atoms with Gasteiger partial charge in [0.1, 0.15) is 6.04 Å². The number of ether oxygens (including phenoxy) is 1. The van der Waals surface area contributed by atoms with Crippen LogP contribution in [0.5, 0.6) is 0 Å². The highest BCUT2D eigenvalue weighted by atomic mass is 16.5. The zero-order chi connectivity index (χ0) is 14.8. The summed E-state index contributed by atoms with van der Waals surface area (Å²) >= 11 is 0. The molecule has 1 heterocycles. The molecule has 1 atom stereocenters. The summed E-state index contributed by atoms with van der Waals surface area (Å²) in [7, 11) is 1.59. The number of rotatable bonds is 4. The van der Waals surface area contributed by atoms with E-state index in [4.69, 9.17) is 4.74 Å². The van der Waals surface area contributed by atoms with Crippen LogP contribution in [-0.4, -0.2) is 42.5 Å². The molecule has 0 aromatic heterocycles. The average molecular weight is 276 g/mol. The summed E-state index contributed by atoms with van der Waals surface area (Å²) in [5.74, 6) is -0.250. The van der Waals surface area contributed by atoms with Crippen LogP contribution in [0.2, 0.25) is 0 Å². The molecule has 1 aromatic rings. The van der Waals surface area contributed by atoms with Crippen molar-refractivity contribution in [2.24, 2.45) is 0 Å². The molecule has 1 saturated heterocycles. The van der Waals surface area contributed by atoms with Crippen LogP contribution in [0.4, 0.5) is 0 Å². The molecule has 108 valence electrons. The van der Waals surface area contributed by atoms with E-state index in [-0.39, 0.29) is 18.4 Å². The van der Waals surface area contributed by atoms with Gasteiger partial charge in [-0.15, -0.1) is 0 Å². The summed E-state index contributed by atoms with van der Waals surface area (Å²) in [4.78, 5) is 26.2. The Kier molecular flexibility index (Phi) is 4.09. The molecule has 0 bridgehead atoms. The number of piperazine rings is 1. The summed E-state index contributed by atoms with van der Waals surface area (Å²) in [6, 6.07) is 8.73. The number of hydrogen-bond donors (Lipinski definition) is 1. The van der Waals surface area contributed by atoms with Gasteiger partial charge in [0.2, 0.25) is 11.8 Å². The fourth-order valence-corrected chi connectivity index (χ4v) is 2.65. The Balaban J connectivity index is 2.42. The van der Waals surface area contributed by atoms with E-state index in [1.807, 2.05) is 44.2 Å². The number of methoxy groups -OCH3 is 1. The van der Waals surface area contributed by atoms with Crippen molar-refractivity contribution in [3.8, 4) is 0 Å². The van der Waals surface area contributed by atoms with E-state index in [1.54, 1.807) is 12.0 Å². The molecule has 0 radical (unpaired) electrons. The zero-order valence-electron chi connectivity index (χ0n) is 12.1. The van der Waals surface area contributed by atoms with E-state index in [0.29, 0.717) is 6.61 Å². The summed E-state index contributed by atoms with van der Waals surface area (Å²) in [5.41, 5.74) is 0.256. The van der Waals surface area contributed by atoms with Crippen LogP contribution in [0.15, 0.2) is 30.3 Å². The number of amides is 2. The van der Waals surface area contributed by atoms with Crippen molar-refractivity contribution in [3.63, 3.8) is 0 Å². The maximum absolute atomic E-state index is 12.3. The number of nitrogens with one attached hydrogen (secondary N) is 1. The Labute approximate surface area is 118 Å². The molecule has 20 heavy (non-hydrogen) atoms. The van der Waals surface area contributed by atoms with E-state index in [1.165, 1.54) is 0 Å². The molecule has 0 spiro atoms. The lowest BCUT2D eigenvalue weighted by molar-refractivity contribution is -0.154. The third-order valence-corrected chi connectivity index (χ3v) is 3.45. The molecule has 1 fully saturated rings. The molecule has 2 rings (SSSR count). The molecular weight excluding hydrogens is 256 g/mol. The van der Waals surface area contributed by atoms with Crippen molar-refractivity contribution in [2.45, 2.75) is 25.4 Å². The highest BCUT2D eigenvalue weighted by molar-refractivity contribution is 5.96. The number of carbonyl (C=O) groups is 2. The minimum atomic E-state index is -0.609. The summed E-state index contributed by atoms with van der Waals surface area (Å²) < 4.78 is 5.20. The van der Waals surface area contributed by atoms with Gasteiger partial charge < -0.3 is 15.0 Å². The Morgan fingerprint density at radius 2 is 1.95 bits per heavy atom. The second-order valence-corrected chi connectivity index (χ2v) is 5.54. The molecule has 1 unspecified atom stereocenters. The zero-order valence-corrected chi connectivity index (χ0v) is 12.1. The van der Waals surface area contributed by atoms with E-state index >= 15 is 0 Å². The van der Waals surface area contributed by atoms with Crippen LogP contribution in [0, 0.1) is 0 Å². The van der Waals surface area contributed by atoms with Crippen molar-refractivity contribution in [1.82, 2.24) is 10.2 Å². The molecule has 1 N–H and O–H groups in total. The highest BCUT2D eigenvalue weighted by Gasteiger charge is 2.43. The molecule has 1 aliphatic rings. The normalized spacial score (nSPS) is 19.9. The topological polar surface area (TPSA) is 58.6 Å². The molecule has 0 aliphatic carbocycles. The number of carbonyl (C=O) groups excluding carboxylic acids is 2. The Morgan fingerprint density at radius 1 is 1.30 bits per heavy atom. The minimum Gasteiger partial charge on any atom is -0.382 e. The van der Waals surface area contributed by atoms with Crippen LogP contribution in [-0.2, 0) is 14.3 Å². The minimum absolute atomic E-state index is 0.0370. The largest absolute Gasteiger partial charge is 0.382 e. The van der Waals surface area contributed by atoms with Gasteiger partial charge in [0, 0.05) is 7.11 Å². The van der Waals surface area contributed by atoms with Crippen LogP contribution in [0.25, 0.3) is 0 Å². The van der Waals surface area contributed by atoms with E-state index in [2.05, 4.69) is 5.32 Å². The van der Waals surface area contributed by atoms with E-state index in [0.717, 1.165) is 5.56 Å². The van der Waals surface area contributed by atoms with Crippen LogP contribution in [0.1, 0.15) is 25.5 Å². The van der Waals surface area contributed by atoms with Crippen molar-refractivity contribution >= 4 is 11.8 Å². The standard InChI is InChI=1S/C15H20N2O3/c1-15(2,10-20-3)17-12(18)9-16-14(19)13(17)11-7-5-4-6-8-11/h4-8,13H,9-10H2,1-3H3,(H,16,19). The maximum Gasteiger partial charge on any atom is 0.247 e. The van der Waals surface area contributed by atoms with Crippen LogP contribution < -0.4 is 5.32 Å². The van der Waals surface area contributed by atoms with E-state index < -0.39 is 11.6 Å². The summed E-state index contributed by atoms with van der Waals surface area (Å²) in [6.07, 6.45) is 0. The number of benzene rings is 1. The predicted molar refractivity (Wildman–Crippen MR) is 75.0 cm³/mol. The molecule has 5 heteroatoms. The molecule has 1 aliphatic heterocycles. The molecular formula is C15H20N2O3. The quantitative estimate of drug-likeness (QED) is 0.896.